The number of aromatic amines is 1. The summed E-state index contributed by atoms with van der Waals surface area (Å²) in [7, 11) is -3.61. The molecule has 13 heteroatoms. The highest BCUT2D eigenvalue weighted by molar-refractivity contribution is 7.90. The number of benzene rings is 2. The van der Waals surface area contributed by atoms with Crippen molar-refractivity contribution >= 4 is 48.8 Å². The van der Waals surface area contributed by atoms with E-state index in [1.165, 1.54) is 23.5 Å². The van der Waals surface area contributed by atoms with Crippen LogP contribution in [0.4, 0.5) is 21.8 Å². The molecule has 1 atom stereocenters. The van der Waals surface area contributed by atoms with Gasteiger partial charge in [-0.1, -0.05) is 12.1 Å². The Morgan fingerprint density at radius 1 is 1.07 bits per heavy atom. The molecule has 0 aliphatic carbocycles. The summed E-state index contributed by atoms with van der Waals surface area (Å²) in [5.74, 6) is 0.362. The Labute approximate surface area is 235 Å². The monoisotopic (exact) mass is 583 g/mol. The van der Waals surface area contributed by atoms with Gasteiger partial charge in [0, 0.05) is 45.0 Å². The number of hydrogen-bond acceptors (Lipinski definition) is 10. The molecule has 4 heterocycles. The number of aromatic nitrogens is 3. The summed E-state index contributed by atoms with van der Waals surface area (Å²) in [6, 6.07) is 11.8. The number of piperazine rings is 1. The molecule has 3 N–H and O–H groups in total. The predicted molar refractivity (Wildman–Crippen MR) is 157 cm³/mol. The maximum absolute atomic E-state index is 13.8. The average Bonchev–Trinajstić information content (AvgIpc) is 3.37. The van der Waals surface area contributed by atoms with Gasteiger partial charge in [-0.3, -0.25) is 9.78 Å². The van der Waals surface area contributed by atoms with Gasteiger partial charge in [-0.15, -0.1) is 11.3 Å². The SMILES string of the molecule is CS(=O)(=O)c1cc(F)ccc1N1CCN(c2nc(NC3CCCNC3)c(-c3nc4ccccc4s3)c(=O)[nH]2)CC1. The molecule has 210 valence electrons. The number of rotatable bonds is 6. The minimum Gasteiger partial charge on any atom is -0.367 e. The van der Waals surface area contributed by atoms with Crippen molar-refractivity contribution in [2.45, 2.75) is 23.8 Å². The Balaban J connectivity index is 1.30. The van der Waals surface area contributed by atoms with Crippen molar-refractivity contribution in [2.75, 3.05) is 60.6 Å². The highest BCUT2D eigenvalue weighted by Crippen LogP contribution is 2.33. The third-order valence-corrected chi connectivity index (χ3v) is 9.47. The second-order valence-electron chi connectivity index (χ2n) is 10.1. The fraction of sp³-hybridized carbons (Fsp3) is 0.370. The van der Waals surface area contributed by atoms with E-state index in [1.807, 2.05) is 34.1 Å². The van der Waals surface area contributed by atoms with Crippen LogP contribution in [0.15, 0.2) is 52.2 Å². The lowest BCUT2D eigenvalue weighted by Gasteiger charge is -2.37. The van der Waals surface area contributed by atoms with Gasteiger partial charge in [0.15, 0.2) is 9.84 Å². The molecular weight excluding hydrogens is 553 g/mol. The number of para-hydroxylation sites is 1. The van der Waals surface area contributed by atoms with Crippen LogP contribution in [0, 0.1) is 5.82 Å². The molecule has 2 aliphatic rings. The third kappa shape index (κ3) is 5.40. The van der Waals surface area contributed by atoms with E-state index in [9.17, 15) is 17.6 Å². The number of H-pyrrole nitrogens is 1. The topological polar surface area (TPSA) is 123 Å². The number of halogens is 1. The zero-order valence-electron chi connectivity index (χ0n) is 22.0. The molecule has 6 rings (SSSR count). The molecule has 0 radical (unpaired) electrons. The number of nitrogens with one attached hydrogen (secondary N) is 3. The van der Waals surface area contributed by atoms with Crippen molar-refractivity contribution in [3.8, 4) is 10.6 Å². The molecule has 0 bridgehead atoms. The first-order chi connectivity index (χ1) is 19.3. The van der Waals surface area contributed by atoms with Crippen LogP contribution in [-0.4, -0.2) is 74.9 Å². The molecule has 2 fully saturated rings. The summed E-state index contributed by atoms with van der Waals surface area (Å²) in [5.41, 5.74) is 1.47. The normalized spacial score (nSPS) is 18.3. The zero-order chi connectivity index (χ0) is 27.9. The second kappa shape index (κ2) is 10.8. The van der Waals surface area contributed by atoms with Gasteiger partial charge in [-0.2, -0.15) is 4.98 Å². The largest absolute Gasteiger partial charge is 0.367 e. The molecule has 0 spiro atoms. The smallest absolute Gasteiger partial charge is 0.264 e. The molecular formula is C27H30FN7O3S2. The Kier molecular flexibility index (Phi) is 7.19. The van der Waals surface area contributed by atoms with E-state index in [1.54, 1.807) is 0 Å². The molecule has 2 saturated heterocycles. The minimum absolute atomic E-state index is 0.0275. The molecule has 2 aliphatic heterocycles. The van der Waals surface area contributed by atoms with Gasteiger partial charge in [0.05, 0.1) is 20.8 Å². The van der Waals surface area contributed by atoms with Gasteiger partial charge in [-0.25, -0.2) is 17.8 Å². The van der Waals surface area contributed by atoms with Gasteiger partial charge >= 0.3 is 0 Å². The Bertz CT molecular complexity index is 1680. The summed E-state index contributed by atoms with van der Waals surface area (Å²) in [5, 5.41) is 7.52. The van der Waals surface area contributed by atoms with Crippen molar-refractivity contribution in [2.24, 2.45) is 0 Å². The number of nitrogens with zero attached hydrogens (tertiary/aromatic N) is 4. The van der Waals surface area contributed by atoms with Gasteiger partial charge in [0.1, 0.15) is 22.2 Å². The highest BCUT2D eigenvalue weighted by Gasteiger charge is 2.27. The fourth-order valence-electron chi connectivity index (χ4n) is 5.27. The molecule has 1 unspecified atom stereocenters. The first-order valence-corrected chi connectivity index (χ1v) is 15.9. The Morgan fingerprint density at radius 2 is 1.85 bits per heavy atom. The van der Waals surface area contributed by atoms with E-state index in [0.29, 0.717) is 54.2 Å². The number of fused-ring (bicyclic) bond motifs is 1. The second-order valence-corrected chi connectivity index (χ2v) is 13.2. The van der Waals surface area contributed by atoms with Crippen LogP contribution >= 0.6 is 11.3 Å². The van der Waals surface area contributed by atoms with E-state index < -0.39 is 15.7 Å². The summed E-state index contributed by atoms with van der Waals surface area (Å²) >= 11 is 1.46. The maximum atomic E-state index is 13.8. The van der Waals surface area contributed by atoms with Gasteiger partial charge < -0.3 is 20.4 Å². The van der Waals surface area contributed by atoms with Crippen LogP contribution in [0.3, 0.4) is 0 Å². The van der Waals surface area contributed by atoms with E-state index in [0.717, 1.165) is 48.5 Å². The van der Waals surface area contributed by atoms with Gasteiger partial charge in [0.25, 0.3) is 5.56 Å². The number of piperidine rings is 1. The molecule has 2 aromatic carbocycles. The van der Waals surface area contributed by atoms with Crippen molar-refractivity contribution in [3.05, 3.63) is 58.6 Å². The van der Waals surface area contributed by atoms with Crippen molar-refractivity contribution in [3.63, 3.8) is 0 Å². The zero-order valence-corrected chi connectivity index (χ0v) is 23.6. The molecule has 10 nitrogen and oxygen atoms in total. The van der Waals surface area contributed by atoms with Crippen LogP contribution in [0.1, 0.15) is 12.8 Å². The van der Waals surface area contributed by atoms with Crippen LogP contribution in [0.25, 0.3) is 20.8 Å². The quantitative estimate of drug-likeness (QED) is 0.314. The summed E-state index contributed by atoms with van der Waals surface area (Å²) < 4.78 is 39.5. The van der Waals surface area contributed by atoms with Crippen LogP contribution in [-0.2, 0) is 9.84 Å². The van der Waals surface area contributed by atoms with Crippen LogP contribution in [0.2, 0.25) is 0 Å². The number of sulfone groups is 1. The van der Waals surface area contributed by atoms with Gasteiger partial charge in [-0.05, 0) is 49.7 Å². The van der Waals surface area contributed by atoms with E-state index in [2.05, 4.69) is 15.6 Å². The summed E-state index contributed by atoms with van der Waals surface area (Å²) in [6.07, 6.45) is 3.08. The summed E-state index contributed by atoms with van der Waals surface area (Å²) in [6.45, 7) is 3.70. The number of anilines is 3. The lowest BCUT2D eigenvalue weighted by Crippen LogP contribution is -2.48. The van der Waals surface area contributed by atoms with Crippen molar-refractivity contribution in [1.29, 1.82) is 0 Å². The highest BCUT2D eigenvalue weighted by atomic mass is 32.2. The van der Waals surface area contributed by atoms with Crippen molar-refractivity contribution in [1.82, 2.24) is 20.3 Å². The lowest BCUT2D eigenvalue weighted by molar-refractivity contribution is 0.479. The Hall–Kier alpha value is -3.55. The van der Waals surface area contributed by atoms with Gasteiger partial charge in [0.2, 0.25) is 5.95 Å². The van der Waals surface area contributed by atoms with Crippen LogP contribution in [0.5, 0.6) is 0 Å². The third-order valence-electron chi connectivity index (χ3n) is 7.29. The molecule has 4 aromatic rings. The number of thiazole rings is 1. The average molecular weight is 584 g/mol. The lowest BCUT2D eigenvalue weighted by atomic mass is 10.1. The van der Waals surface area contributed by atoms with Crippen molar-refractivity contribution < 1.29 is 12.8 Å². The molecule has 0 saturated carbocycles. The van der Waals surface area contributed by atoms with E-state index in [4.69, 9.17) is 9.97 Å². The number of hydrogen-bond donors (Lipinski definition) is 3. The predicted octanol–water partition coefficient (Wildman–Crippen LogP) is 3.08. The Morgan fingerprint density at radius 3 is 2.58 bits per heavy atom. The molecule has 2 aromatic heterocycles. The molecule has 0 amide bonds. The standard InChI is InChI=1S/C27H30FN7O3S2/c1-40(37,38)22-15-17(28)8-9-20(22)34-11-13-35(14-12-34)27-32-24(30-18-5-4-10-29-16-18)23(25(36)33-27)26-31-19-6-2-3-7-21(19)39-26/h2-3,6-9,15,18,29H,4-5,10-14,16H2,1H3,(H2,30,32,33,36). The first kappa shape index (κ1) is 26.7. The van der Waals surface area contributed by atoms with Crippen LogP contribution < -0.4 is 26.0 Å². The fourth-order valence-corrected chi connectivity index (χ4v) is 7.18. The maximum Gasteiger partial charge on any atom is 0.264 e. The minimum atomic E-state index is -3.61. The molecule has 40 heavy (non-hydrogen) atoms. The summed E-state index contributed by atoms with van der Waals surface area (Å²) in [4.78, 5) is 30.0. The van der Waals surface area contributed by atoms with E-state index >= 15 is 0 Å². The van der Waals surface area contributed by atoms with E-state index in [-0.39, 0.29) is 16.5 Å². The first-order valence-electron chi connectivity index (χ1n) is 13.2.